The first kappa shape index (κ1) is 16.2. The Morgan fingerprint density at radius 3 is 2.58 bits per heavy atom. The van der Waals surface area contributed by atoms with E-state index in [-0.39, 0.29) is 13.2 Å². The molecular formula is C18H18N2O4. The maximum atomic E-state index is 10.0. The number of hydrogen-bond donors (Lipinski definition) is 1. The molecule has 6 heteroatoms. The Labute approximate surface area is 139 Å². The molecule has 124 valence electrons. The van der Waals surface area contributed by atoms with Crippen molar-refractivity contribution in [2.75, 3.05) is 13.2 Å². The lowest BCUT2D eigenvalue weighted by Crippen LogP contribution is -2.23. The van der Waals surface area contributed by atoms with Gasteiger partial charge in [-0.3, -0.25) is 0 Å². The van der Waals surface area contributed by atoms with Gasteiger partial charge in [-0.15, -0.1) is 10.2 Å². The van der Waals surface area contributed by atoms with Gasteiger partial charge in [0.1, 0.15) is 18.5 Å². The minimum atomic E-state index is -0.732. The minimum absolute atomic E-state index is 0.111. The fraction of sp³-hybridized carbons (Fsp3) is 0.222. The van der Waals surface area contributed by atoms with Gasteiger partial charge in [0.2, 0.25) is 6.39 Å². The molecule has 1 heterocycles. The van der Waals surface area contributed by atoms with Crippen LogP contribution in [0.3, 0.4) is 0 Å². The largest absolute Gasteiger partial charge is 0.490 e. The van der Waals surface area contributed by atoms with Crippen molar-refractivity contribution in [3.63, 3.8) is 0 Å². The Kier molecular flexibility index (Phi) is 5.55. The van der Waals surface area contributed by atoms with Gasteiger partial charge >= 0.3 is 0 Å². The molecule has 1 atom stereocenters. The number of para-hydroxylation sites is 1. The lowest BCUT2D eigenvalue weighted by Gasteiger charge is -2.14. The molecule has 1 N–H and O–H groups in total. The van der Waals surface area contributed by atoms with Gasteiger partial charge in [-0.25, -0.2) is 0 Å². The molecular weight excluding hydrogens is 308 g/mol. The van der Waals surface area contributed by atoms with Crippen molar-refractivity contribution in [2.45, 2.75) is 12.7 Å². The van der Waals surface area contributed by atoms with Gasteiger partial charge < -0.3 is 19.0 Å². The van der Waals surface area contributed by atoms with Gasteiger partial charge in [-0.2, -0.15) is 0 Å². The molecule has 3 aromatic rings. The highest BCUT2D eigenvalue weighted by Crippen LogP contribution is 2.27. The van der Waals surface area contributed by atoms with E-state index in [0.717, 1.165) is 5.56 Å². The fourth-order valence-electron chi connectivity index (χ4n) is 2.18. The Morgan fingerprint density at radius 2 is 1.79 bits per heavy atom. The molecule has 6 nitrogen and oxygen atoms in total. The second-order valence-electron chi connectivity index (χ2n) is 5.21. The maximum Gasteiger partial charge on any atom is 0.251 e. The van der Waals surface area contributed by atoms with Crippen molar-refractivity contribution in [3.8, 4) is 17.2 Å². The van der Waals surface area contributed by atoms with Crippen LogP contribution in [0.4, 0.5) is 0 Å². The Balaban J connectivity index is 1.49. The van der Waals surface area contributed by atoms with Crippen molar-refractivity contribution in [3.05, 3.63) is 66.6 Å². The minimum Gasteiger partial charge on any atom is -0.490 e. The van der Waals surface area contributed by atoms with Crippen LogP contribution in [0.2, 0.25) is 0 Å². The quantitative estimate of drug-likeness (QED) is 0.686. The highest BCUT2D eigenvalue weighted by atomic mass is 16.5. The molecule has 0 saturated heterocycles. The monoisotopic (exact) mass is 326 g/mol. The van der Waals surface area contributed by atoms with E-state index in [0.29, 0.717) is 23.8 Å². The standard InChI is InChI=1S/C18H18N2O4/c21-15(11-22-10-14-6-2-1-3-7-14)12-23-17-9-5-4-8-16(17)18-20-19-13-24-18/h1-9,13,15,21H,10-12H2. The predicted octanol–water partition coefficient (Wildman–Crippen LogP) is 2.69. The molecule has 0 bridgehead atoms. The van der Waals surface area contributed by atoms with E-state index in [9.17, 15) is 5.11 Å². The van der Waals surface area contributed by atoms with Crippen LogP contribution in [0.5, 0.6) is 5.75 Å². The van der Waals surface area contributed by atoms with E-state index in [4.69, 9.17) is 13.9 Å². The summed E-state index contributed by atoms with van der Waals surface area (Å²) < 4.78 is 16.4. The molecule has 2 aromatic carbocycles. The van der Waals surface area contributed by atoms with E-state index in [1.54, 1.807) is 6.07 Å². The predicted molar refractivity (Wildman–Crippen MR) is 87.3 cm³/mol. The molecule has 0 saturated carbocycles. The smallest absolute Gasteiger partial charge is 0.251 e. The number of hydrogen-bond acceptors (Lipinski definition) is 6. The summed E-state index contributed by atoms with van der Waals surface area (Å²) in [6.07, 6.45) is 0.530. The van der Waals surface area contributed by atoms with Gasteiger partial charge in [0.15, 0.2) is 0 Å². The Hall–Kier alpha value is -2.70. The zero-order valence-corrected chi connectivity index (χ0v) is 13.0. The van der Waals surface area contributed by atoms with Crippen molar-refractivity contribution in [1.82, 2.24) is 10.2 Å². The Morgan fingerprint density at radius 1 is 1.00 bits per heavy atom. The zero-order chi connectivity index (χ0) is 16.6. The summed E-state index contributed by atoms with van der Waals surface area (Å²) in [5.41, 5.74) is 1.75. The Bertz CT molecular complexity index is 732. The van der Waals surface area contributed by atoms with E-state index in [1.807, 2.05) is 48.5 Å². The molecule has 1 aromatic heterocycles. The second-order valence-corrected chi connectivity index (χ2v) is 5.21. The first-order valence-electron chi connectivity index (χ1n) is 7.61. The van der Waals surface area contributed by atoms with Crippen LogP contribution < -0.4 is 4.74 Å². The molecule has 24 heavy (non-hydrogen) atoms. The first-order valence-corrected chi connectivity index (χ1v) is 7.61. The van der Waals surface area contributed by atoms with Crippen LogP contribution in [0, 0.1) is 0 Å². The highest BCUT2D eigenvalue weighted by molar-refractivity contribution is 5.61. The average molecular weight is 326 g/mol. The van der Waals surface area contributed by atoms with Crippen molar-refractivity contribution < 1.29 is 19.0 Å². The zero-order valence-electron chi connectivity index (χ0n) is 13.0. The molecule has 1 unspecified atom stereocenters. The van der Waals surface area contributed by atoms with Gasteiger partial charge in [-0.05, 0) is 17.7 Å². The van der Waals surface area contributed by atoms with Gasteiger partial charge in [0.05, 0.1) is 18.8 Å². The SMILES string of the molecule is OC(COCc1ccccc1)COc1ccccc1-c1nnco1. The van der Waals surface area contributed by atoms with Gasteiger partial charge in [0, 0.05) is 0 Å². The van der Waals surface area contributed by atoms with Crippen LogP contribution in [0.15, 0.2) is 65.4 Å². The van der Waals surface area contributed by atoms with E-state index >= 15 is 0 Å². The third kappa shape index (κ3) is 4.41. The van der Waals surface area contributed by atoms with Gasteiger partial charge in [0.25, 0.3) is 5.89 Å². The van der Waals surface area contributed by atoms with E-state index in [2.05, 4.69) is 10.2 Å². The van der Waals surface area contributed by atoms with E-state index < -0.39 is 6.10 Å². The molecule has 0 fully saturated rings. The lowest BCUT2D eigenvalue weighted by atomic mass is 10.2. The highest BCUT2D eigenvalue weighted by Gasteiger charge is 2.12. The van der Waals surface area contributed by atoms with E-state index in [1.165, 1.54) is 6.39 Å². The third-order valence-corrected chi connectivity index (χ3v) is 3.33. The third-order valence-electron chi connectivity index (χ3n) is 3.33. The molecule has 3 rings (SSSR count). The van der Waals surface area contributed by atoms with Crippen molar-refractivity contribution in [1.29, 1.82) is 0 Å². The summed E-state index contributed by atoms with van der Waals surface area (Å²) in [7, 11) is 0. The summed E-state index contributed by atoms with van der Waals surface area (Å²) in [5, 5.41) is 17.5. The summed E-state index contributed by atoms with van der Waals surface area (Å²) in [4.78, 5) is 0. The number of benzene rings is 2. The van der Waals surface area contributed by atoms with Crippen LogP contribution in [-0.4, -0.2) is 34.6 Å². The summed E-state index contributed by atoms with van der Waals surface area (Å²) in [6, 6.07) is 17.1. The van der Waals surface area contributed by atoms with Crippen molar-refractivity contribution >= 4 is 0 Å². The van der Waals surface area contributed by atoms with Crippen LogP contribution in [0.1, 0.15) is 5.56 Å². The average Bonchev–Trinajstić information content (AvgIpc) is 3.16. The number of nitrogens with zero attached hydrogens (tertiary/aromatic N) is 2. The molecule has 0 spiro atoms. The summed E-state index contributed by atoms with van der Waals surface area (Å²) in [6.45, 7) is 0.758. The van der Waals surface area contributed by atoms with Crippen LogP contribution in [0.25, 0.3) is 11.5 Å². The van der Waals surface area contributed by atoms with Crippen LogP contribution in [-0.2, 0) is 11.3 Å². The number of rotatable bonds is 8. The van der Waals surface area contributed by atoms with Gasteiger partial charge in [-0.1, -0.05) is 42.5 Å². The number of aliphatic hydroxyl groups is 1. The number of aliphatic hydroxyl groups excluding tert-OH is 1. The maximum absolute atomic E-state index is 10.0. The molecule has 0 aliphatic rings. The van der Waals surface area contributed by atoms with Crippen molar-refractivity contribution in [2.24, 2.45) is 0 Å². The molecule has 0 radical (unpaired) electrons. The molecule has 0 amide bonds. The second kappa shape index (κ2) is 8.24. The molecule has 0 aliphatic carbocycles. The molecule has 0 aliphatic heterocycles. The van der Waals surface area contributed by atoms with Crippen LogP contribution >= 0.6 is 0 Å². The summed E-state index contributed by atoms with van der Waals surface area (Å²) >= 11 is 0. The number of ether oxygens (including phenoxy) is 2. The lowest BCUT2D eigenvalue weighted by molar-refractivity contribution is 0.00557. The first-order chi connectivity index (χ1) is 11.8. The fourth-order valence-corrected chi connectivity index (χ4v) is 2.18. The summed E-state index contributed by atoms with van der Waals surface area (Å²) in [5.74, 6) is 0.948. The normalized spacial score (nSPS) is 12.0. The number of aromatic nitrogens is 2. The topological polar surface area (TPSA) is 77.6 Å².